The molecule has 2 atom stereocenters. The maximum absolute atomic E-state index is 11.9. The molecule has 2 unspecified atom stereocenters. The van der Waals surface area contributed by atoms with Gasteiger partial charge in [0.2, 0.25) is 0 Å². The van der Waals surface area contributed by atoms with Crippen LogP contribution in [0.2, 0.25) is 0 Å². The van der Waals surface area contributed by atoms with Gasteiger partial charge in [-0.3, -0.25) is 0 Å². The molecule has 5 heteroatoms. The second-order valence-electron chi connectivity index (χ2n) is 8.99. The summed E-state index contributed by atoms with van der Waals surface area (Å²) in [5.41, 5.74) is -1.00. The third-order valence-corrected chi connectivity index (χ3v) is 5.32. The lowest BCUT2D eigenvalue weighted by molar-refractivity contribution is -0.00949. The van der Waals surface area contributed by atoms with Crippen molar-refractivity contribution >= 4 is 6.09 Å². The van der Waals surface area contributed by atoms with Crippen molar-refractivity contribution in [3.8, 4) is 0 Å². The summed E-state index contributed by atoms with van der Waals surface area (Å²) in [6.45, 7) is 8.57. The number of amides is 1. The predicted octanol–water partition coefficient (Wildman–Crippen LogP) is 3.35. The lowest BCUT2D eigenvalue weighted by Crippen LogP contribution is -2.50. The average Bonchev–Trinajstić information content (AvgIpc) is 2.47. The maximum atomic E-state index is 11.9. The highest BCUT2D eigenvalue weighted by molar-refractivity contribution is 5.68. The lowest BCUT2D eigenvalue weighted by Gasteiger charge is -2.38. The molecule has 0 aromatic heterocycles. The molecule has 0 saturated heterocycles. The summed E-state index contributed by atoms with van der Waals surface area (Å²) in [6, 6.07) is 0.522. The van der Waals surface area contributed by atoms with Crippen molar-refractivity contribution in [2.24, 2.45) is 5.92 Å². The van der Waals surface area contributed by atoms with Gasteiger partial charge >= 0.3 is 6.09 Å². The Bertz CT molecular complexity index is 411. The minimum Gasteiger partial charge on any atom is -0.444 e. The van der Waals surface area contributed by atoms with Gasteiger partial charge in [-0.2, -0.15) is 0 Å². The summed E-state index contributed by atoms with van der Waals surface area (Å²) in [6.07, 6.45) is 7.81. The molecule has 0 spiro atoms. The van der Waals surface area contributed by atoms with E-state index in [0.717, 1.165) is 57.3 Å². The Balaban J connectivity index is 1.74. The molecule has 0 bridgehead atoms. The van der Waals surface area contributed by atoms with Gasteiger partial charge in [-0.15, -0.1) is 0 Å². The number of carbonyl (C=O) groups excluding carboxylic acids is 1. The van der Waals surface area contributed by atoms with Crippen molar-refractivity contribution in [1.82, 2.24) is 10.6 Å². The van der Waals surface area contributed by atoms with Crippen LogP contribution >= 0.6 is 0 Å². The molecule has 2 aliphatic carbocycles. The van der Waals surface area contributed by atoms with Crippen LogP contribution in [0.25, 0.3) is 0 Å². The van der Waals surface area contributed by atoms with Crippen LogP contribution in [0.4, 0.5) is 4.79 Å². The number of nitrogens with one attached hydrogen (secondary N) is 2. The van der Waals surface area contributed by atoms with Gasteiger partial charge in [-0.25, -0.2) is 4.79 Å². The van der Waals surface area contributed by atoms with Crippen LogP contribution < -0.4 is 10.6 Å². The number of hydrogen-bond donors (Lipinski definition) is 3. The Hall–Kier alpha value is -0.810. The zero-order chi connectivity index (χ0) is 17.8. The third kappa shape index (κ3) is 6.60. The van der Waals surface area contributed by atoms with Gasteiger partial charge in [-0.1, -0.05) is 6.92 Å². The van der Waals surface area contributed by atoms with Crippen LogP contribution in [-0.2, 0) is 4.74 Å². The molecule has 3 N–H and O–H groups in total. The van der Waals surface area contributed by atoms with Gasteiger partial charge in [0.05, 0.1) is 5.60 Å². The van der Waals surface area contributed by atoms with Crippen molar-refractivity contribution < 1.29 is 14.6 Å². The SMILES string of the molecule is CC1CCC(O)(CNC2CCCC(NC(=O)OC(C)(C)C)C2)CC1. The van der Waals surface area contributed by atoms with Gasteiger partial charge in [0, 0.05) is 18.6 Å². The smallest absolute Gasteiger partial charge is 0.407 e. The zero-order valence-corrected chi connectivity index (χ0v) is 15.9. The summed E-state index contributed by atoms with van der Waals surface area (Å²) in [5, 5.41) is 17.3. The summed E-state index contributed by atoms with van der Waals surface area (Å²) < 4.78 is 5.35. The Morgan fingerprint density at radius 1 is 1.17 bits per heavy atom. The first kappa shape index (κ1) is 19.5. The Morgan fingerprint density at radius 2 is 1.79 bits per heavy atom. The van der Waals surface area contributed by atoms with Gasteiger partial charge in [0.1, 0.15) is 5.60 Å². The van der Waals surface area contributed by atoms with Crippen molar-refractivity contribution in [3.63, 3.8) is 0 Å². The van der Waals surface area contributed by atoms with Gasteiger partial charge in [-0.05, 0) is 78.1 Å². The second-order valence-corrected chi connectivity index (χ2v) is 8.99. The first-order chi connectivity index (χ1) is 11.2. The fourth-order valence-corrected chi connectivity index (χ4v) is 3.79. The minimum atomic E-state index is -0.544. The van der Waals surface area contributed by atoms with Crippen LogP contribution in [0.3, 0.4) is 0 Å². The van der Waals surface area contributed by atoms with E-state index in [0.29, 0.717) is 12.6 Å². The van der Waals surface area contributed by atoms with Crippen LogP contribution in [-0.4, -0.2) is 41.0 Å². The van der Waals surface area contributed by atoms with Crippen LogP contribution in [0, 0.1) is 5.92 Å². The van der Waals surface area contributed by atoms with E-state index in [1.165, 1.54) is 0 Å². The Kier molecular flexibility index (Phi) is 6.54. The number of alkyl carbamates (subject to hydrolysis) is 1. The fourth-order valence-electron chi connectivity index (χ4n) is 3.79. The molecule has 2 rings (SSSR count). The fraction of sp³-hybridized carbons (Fsp3) is 0.947. The molecule has 0 heterocycles. The van der Waals surface area contributed by atoms with Crippen LogP contribution in [0.5, 0.6) is 0 Å². The molecule has 2 saturated carbocycles. The van der Waals surface area contributed by atoms with Crippen molar-refractivity contribution in [3.05, 3.63) is 0 Å². The molecular formula is C19H36N2O3. The van der Waals surface area contributed by atoms with E-state index in [-0.39, 0.29) is 12.1 Å². The van der Waals surface area contributed by atoms with E-state index < -0.39 is 11.2 Å². The Morgan fingerprint density at radius 3 is 2.42 bits per heavy atom. The van der Waals surface area contributed by atoms with E-state index in [4.69, 9.17) is 4.74 Å². The van der Waals surface area contributed by atoms with Gasteiger partial charge < -0.3 is 20.5 Å². The number of rotatable bonds is 4. The van der Waals surface area contributed by atoms with E-state index in [1.54, 1.807) is 0 Å². The van der Waals surface area contributed by atoms with Crippen molar-refractivity contribution in [2.75, 3.05) is 6.54 Å². The van der Waals surface area contributed by atoms with E-state index in [2.05, 4.69) is 17.6 Å². The molecule has 0 aromatic carbocycles. The summed E-state index contributed by atoms with van der Waals surface area (Å²) in [5.74, 6) is 0.738. The predicted molar refractivity (Wildman–Crippen MR) is 96.0 cm³/mol. The van der Waals surface area contributed by atoms with Crippen molar-refractivity contribution in [2.45, 2.75) is 102 Å². The normalized spacial score (nSPS) is 34.6. The molecule has 0 radical (unpaired) electrons. The molecule has 2 aliphatic rings. The van der Waals surface area contributed by atoms with E-state index in [9.17, 15) is 9.90 Å². The number of hydrogen-bond acceptors (Lipinski definition) is 4. The van der Waals surface area contributed by atoms with Gasteiger partial charge in [0.15, 0.2) is 0 Å². The van der Waals surface area contributed by atoms with Gasteiger partial charge in [0.25, 0.3) is 0 Å². The summed E-state index contributed by atoms with van der Waals surface area (Å²) in [4.78, 5) is 11.9. The largest absolute Gasteiger partial charge is 0.444 e. The topological polar surface area (TPSA) is 70.6 Å². The van der Waals surface area contributed by atoms with Crippen molar-refractivity contribution in [1.29, 1.82) is 0 Å². The highest BCUT2D eigenvalue weighted by Gasteiger charge is 2.33. The number of aliphatic hydroxyl groups is 1. The molecule has 24 heavy (non-hydrogen) atoms. The first-order valence-electron chi connectivity index (χ1n) is 9.60. The molecule has 140 valence electrons. The monoisotopic (exact) mass is 340 g/mol. The molecular weight excluding hydrogens is 304 g/mol. The molecule has 0 aromatic rings. The molecule has 1 amide bonds. The highest BCUT2D eigenvalue weighted by atomic mass is 16.6. The van der Waals surface area contributed by atoms with Crippen LogP contribution in [0.1, 0.15) is 79.1 Å². The molecule has 2 fully saturated rings. The highest BCUT2D eigenvalue weighted by Crippen LogP contribution is 2.31. The zero-order valence-electron chi connectivity index (χ0n) is 15.9. The maximum Gasteiger partial charge on any atom is 0.407 e. The van der Waals surface area contributed by atoms with E-state index >= 15 is 0 Å². The summed E-state index contributed by atoms with van der Waals surface area (Å²) in [7, 11) is 0. The van der Waals surface area contributed by atoms with Crippen LogP contribution in [0.15, 0.2) is 0 Å². The Labute approximate surface area is 146 Å². The summed E-state index contributed by atoms with van der Waals surface area (Å²) >= 11 is 0. The number of ether oxygens (including phenoxy) is 1. The lowest BCUT2D eigenvalue weighted by atomic mass is 9.79. The standard InChI is InChI=1S/C19H36N2O3/c1-14-8-10-19(23,11-9-14)13-20-15-6-5-7-16(12-15)21-17(22)24-18(2,3)4/h14-16,20,23H,5-13H2,1-4H3,(H,21,22). The third-order valence-electron chi connectivity index (χ3n) is 5.32. The quantitative estimate of drug-likeness (QED) is 0.734. The first-order valence-corrected chi connectivity index (χ1v) is 9.60. The molecule has 0 aliphatic heterocycles. The number of carbonyl (C=O) groups is 1. The molecule has 5 nitrogen and oxygen atoms in total. The van der Waals surface area contributed by atoms with E-state index in [1.807, 2.05) is 20.8 Å². The minimum absolute atomic E-state index is 0.159. The average molecular weight is 341 g/mol. The second kappa shape index (κ2) is 8.05.